The second-order valence-corrected chi connectivity index (χ2v) is 5.17. The number of hydrogen-bond acceptors (Lipinski definition) is 5. The zero-order valence-corrected chi connectivity index (χ0v) is 13.2. The summed E-state index contributed by atoms with van der Waals surface area (Å²) < 4.78 is 9.24. The summed E-state index contributed by atoms with van der Waals surface area (Å²) in [6, 6.07) is 6.35. The summed E-state index contributed by atoms with van der Waals surface area (Å²) in [5.74, 6) is -1.03. The van der Waals surface area contributed by atoms with E-state index in [0.717, 1.165) is 17.7 Å². The molecule has 0 aliphatic carbocycles. The number of anilines is 1. The van der Waals surface area contributed by atoms with Crippen LogP contribution in [0.4, 0.5) is 10.5 Å². The molecule has 1 N–H and O–H groups in total. The second kappa shape index (κ2) is 7.62. The standard InChI is InChI=1S/C16H20N2O5/c1-22-14(19)8-7-12(15(20)23-2)17-16(21)18-10-9-11-5-3-4-6-13(11)18/h3-6,12H,7-10H2,1-2H3,(H,17,21)/t12-/m1/s1. The van der Waals surface area contributed by atoms with Gasteiger partial charge < -0.3 is 14.8 Å². The fourth-order valence-corrected chi connectivity index (χ4v) is 2.53. The average molecular weight is 320 g/mol. The molecule has 124 valence electrons. The molecule has 1 atom stereocenters. The molecule has 0 radical (unpaired) electrons. The molecule has 23 heavy (non-hydrogen) atoms. The Morgan fingerprint density at radius 1 is 1.22 bits per heavy atom. The van der Waals surface area contributed by atoms with Crippen molar-refractivity contribution in [3.8, 4) is 0 Å². The lowest BCUT2D eigenvalue weighted by atomic mass is 10.1. The van der Waals surface area contributed by atoms with Gasteiger partial charge >= 0.3 is 18.0 Å². The lowest BCUT2D eigenvalue weighted by molar-refractivity contribution is -0.144. The van der Waals surface area contributed by atoms with Crippen LogP contribution in [-0.2, 0) is 25.5 Å². The van der Waals surface area contributed by atoms with E-state index in [0.29, 0.717) is 6.54 Å². The first kappa shape index (κ1) is 16.8. The number of nitrogens with zero attached hydrogens (tertiary/aromatic N) is 1. The Bertz CT molecular complexity index is 602. The highest BCUT2D eigenvalue weighted by Gasteiger charge is 2.29. The summed E-state index contributed by atoms with van der Waals surface area (Å²) in [6.45, 7) is 0.552. The third-order valence-electron chi connectivity index (χ3n) is 3.78. The topological polar surface area (TPSA) is 84.9 Å². The summed E-state index contributed by atoms with van der Waals surface area (Å²) >= 11 is 0. The molecule has 1 heterocycles. The highest BCUT2D eigenvalue weighted by Crippen LogP contribution is 2.27. The molecule has 7 nitrogen and oxygen atoms in total. The number of esters is 2. The van der Waals surface area contributed by atoms with Gasteiger partial charge in [-0.05, 0) is 24.5 Å². The molecule has 0 saturated heterocycles. The van der Waals surface area contributed by atoms with Gasteiger partial charge in [0.25, 0.3) is 0 Å². The normalized spacial score (nSPS) is 13.9. The number of para-hydroxylation sites is 1. The number of carbonyl (C=O) groups is 3. The molecule has 1 aliphatic rings. The van der Waals surface area contributed by atoms with E-state index in [1.807, 2.05) is 24.3 Å². The zero-order chi connectivity index (χ0) is 16.8. The molecular weight excluding hydrogens is 300 g/mol. The first-order valence-electron chi connectivity index (χ1n) is 7.37. The first-order valence-corrected chi connectivity index (χ1v) is 7.37. The third-order valence-corrected chi connectivity index (χ3v) is 3.78. The SMILES string of the molecule is COC(=O)CC[C@@H](NC(=O)N1CCc2ccccc21)C(=O)OC. The van der Waals surface area contributed by atoms with Crippen molar-refractivity contribution in [2.45, 2.75) is 25.3 Å². The molecule has 2 rings (SSSR count). The molecule has 0 saturated carbocycles. The Morgan fingerprint density at radius 3 is 2.65 bits per heavy atom. The van der Waals surface area contributed by atoms with Gasteiger partial charge in [-0.15, -0.1) is 0 Å². The van der Waals surface area contributed by atoms with Gasteiger partial charge in [-0.2, -0.15) is 0 Å². The number of methoxy groups -OCH3 is 2. The Kier molecular flexibility index (Phi) is 5.56. The Balaban J connectivity index is 2.03. The summed E-state index contributed by atoms with van der Waals surface area (Å²) in [4.78, 5) is 37.1. The van der Waals surface area contributed by atoms with Crippen LogP contribution >= 0.6 is 0 Å². The van der Waals surface area contributed by atoms with Crippen molar-refractivity contribution in [3.05, 3.63) is 29.8 Å². The molecule has 0 aromatic heterocycles. The largest absolute Gasteiger partial charge is 0.469 e. The first-order chi connectivity index (χ1) is 11.1. The van der Waals surface area contributed by atoms with E-state index in [1.165, 1.54) is 14.2 Å². The Hall–Kier alpha value is -2.57. The number of ether oxygens (including phenoxy) is 2. The monoisotopic (exact) mass is 320 g/mol. The minimum atomic E-state index is -0.889. The van der Waals surface area contributed by atoms with Gasteiger partial charge in [-0.25, -0.2) is 9.59 Å². The predicted molar refractivity (Wildman–Crippen MR) is 83.1 cm³/mol. The molecule has 1 aromatic carbocycles. The minimum absolute atomic E-state index is 0.0210. The van der Waals surface area contributed by atoms with E-state index in [-0.39, 0.29) is 18.9 Å². The second-order valence-electron chi connectivity index (χ2n) is 5.17. The highest BCUT2D eigenvalue weighted by atomic mass is 16.5. The number of fused-ring (bicyclic) bond motifs is 1. The van der Waals surface area contributed by atoms with Crippen LogP contribution in [0, 0.1) is 0 Å². The van der Waals surface area contributed by atoms with Crippen molar-refractivity contribution >= 4 is 23.7 Å². The number of urea groups is 1. The van der Waals surface area contributed by atoms with E-state index < -0.39 is 18.0 Å². The maximum atomic E-state index is 12.4. The quantitative estimate of drug-likeness (QED) is 0.826. The molecule has 2 amide bonds. The van der Waals surface area contributed by atoms with E-state index >= 15 is 0 Å². The van der Waals surface area contributed by atoms with Crippen molar-refractivity contribution in [2.24, 2.45) is 0 Å². The molecule has 0 spiro atoms. The van der Waals surface area contributed by atoms with Crippen molar-refractivity contribution < 1.29 is 23.9 Å². The summed E-state index contributed by atoms with van der Waals surface area (Å²) in [6.07, 6.45) is 0.919. The van der Waals surface area contributed by atoms with Crippen molar-refractivity contribution in [1.29, 1.82) is 0 Å². The van der Waals surface area contributed by atoms with Crippen molar-refractivity contribution in [3.63, 3.8) is 0 Å². The predicted octanol–water partition coefficient (Wildman–Crippen LogP) is 1.25. The Labute approximate surface area is 134 Å². The van der Waals surface area contributed by atoms with Crippen LogP contribution in [-0.4, -0.2) is 44.8 Å². The van der Waals surface area contributed by atoms with E-state index in [2.05, 4.69) is 14.8 Å². The zero-order valence-electron chi connectivity index (χ0n) is 13.2. The molecule has 0 fully saturated rings. The lowest BCUT2D eigenvalue weighted by Gasteiger charge is -2.22. The summed E-state index contributed by atoms with van der Waals surface area (Å²) in [7, 11) is 2.51. The molecule has 0 bridgehead atoms. The van der Waals surface area contributed by atoms with Crippen LogP contribution in [0.1, 0.15) is 18.4 Å². The van der Waals surface area contributed by atoms with Gasteiger partial charge in [0.2, 0.25) is 0 Å². The average Bonchev–Trinajstić information content (AvgIpc) is 3.01. The van der Waals surface area contributed by atoms with E-state index in [4.69, 9.17) is 0 Å². The molecular formula is C16H20N2O5. The molecule has 1 aromatic rings. The van der Waals surface area contributed by atoms with Crippen LogP contribution < -0.4 is 10.2 Å². The number of carbonyl (C=O) groups excluding carboxylic acids is 3. The number of benzene rings is 1. The number of amides is 2. The number of rotatable bonds is 5. The maximum absolute atomic E-state index is 12.4. The van der Waals surface area contributed by atoms with Gasteiger partial charge in [0.15, 0.2) is 0 Å². The lowest BCUT2D eigenvalue weighted by Crippen LogP contribution is -2.48. The van der Waals surface area contributed by atoms with Gasteiger partial charge in [0, 0.05) is 18.7 Å². The highest BCUT2D eigenvalue weighted by molar-refractivity contribution is 5.96. The van der Waals surface area contributed by atoms with Crippen LogP contribution in [0.2, 0.25) is 0 Å². The van der Waals surface area contributed by atoms with E-state index in [1.54, 1.807) is 4.90 Å². The minimum Gasteiger partial charge on any atom is -0.469 e. The fraction of sp³-hybridized carbons (Fsp3) is 0.438. The third kappa shape index (κ3) is 4.00. The van der Waals surface area contributed by atoms with Crippen LogP contribution in [0.3, 0.4) is 0 Å². The van der Waals surface area contributed by atoms with Crippen molar-refractivity contribution in [2.75, 3.05) is 25.7 Å². The Morgan fingerprint density at radius 2 is 1.96 bits per heavy atom. The summed E-state index contributed by atoms with van der Waals surface area (Å²) in [5.41, 5.74) is 1.92. The van der Waals surface area contributed by atoms with Gasteiger partial charge in [0.1, 0.15) is 6.04 Å². The van der Waals surface area contributed by atoms with Crippen LogP contribution in [0.15, 0.2) is 24.3 Å². The van der Waals surface area contributed by atoms with Gasteiger partial charge in [-0.3, -0.25) is 9.69 Å². The van der Waals surface area contributed by atoms with Crippen LogP contribution in [0.5, 0.6) is 0 Å². The van der Waals surface area contributed by atoms with Gasteiger partial charge in [0.05, 0.1) is 14.2 Å². The van der Waals surface area contributed by atoms with E-state index in [9.17, 15) is 14.4 Å². The molecule has 7 heteroatoms. The number of hydrogen-bond donors (Lipinski definition) is 1. The van der Waals surface area contributed by atoms with Crippen LogP contribution in [0.25, 0.3) is 0 Å². The molecule has 0 unspecified atom stereocenters. The van der Waals surface area contributed by atoms with Crippen molar-refractivity contribution in [1.82, 2.24) is 5.32 Å². The smallest absolute Gasteiger partial charge is 0.328 e. The molecule has 1 aliphatic heterocycles. The number of nitrogens with one attached hydrogen (secondary N) is 1. The fourth-order valence-electron chi connectivity index (χ4n) is 2.53. The maximum Gasteiger partial charge on any atom is 0.328 e. The summed E-state index contributed by atoms with van der Waals surface area (Å²) in [5, 5.41) is 2.63. The van der Waals surface area contributed by atoms with Gasteiger partial charge in [-0.1, -0.05) is 18.2 Å².